The van der Waals surface area contributed by atoms with Gasteiger partial charge in [-0.3, -0.25) is 4.79 Å². The van der Waals surface area contributed by atoms with Crippen LogP contribution in [0, 0.1) is 5.92 Å². The van der Waals surface area contributed by atoms with Crippen LogP contribution in [0.1, 0.15) is 12.0 Å². The van der Waals surface area contributed by atoms with Gasteiger partial charge in [0.15, 0.2) is 5.11 Å². The topological polar surface area (TPSA) is 108 Å². The molecule has 1 aliphatic heterocycles. The molecule has 2 fully saturated rings. The number of hydrogen-bond acceptors (Lipinski definition) is 6. The summed E-state index contributed by atoms with van der Waals surface area (Å²) < 4.78 is 10.5. The highest BCUT2D eigenvalue weighted by atomic mass is 32.1. The molecule has 1 aliphatic carbocycles. The van der Waals surface area contributed by atoms with Crippen molar-refractivity contribution in [3.05, 3.63) is 54.1 Å². The lowest BCUT2D eigenvalue weighted by molar-refractivity contribution is -0.129. The van der Waals surface area contributed by atoms with Crippen LogP contribution in [0.5, 0.6) is 11.5 Å². The van der Waals surface area contributed by atoms with Gasteiger partial charge in [0.2, 0.25) is 5.91 Å². The van der Waals surface area contributed by atoms with Crippen molar-refractivity contribution in [1.29, 1.82) is 0 Å². The molecule has 4 rings (SSSR count). The molecule has 2 aromatic carbocycles. The zero-order chi connectivity index (χ0) is 23.0. The van der Waals surface area contributed by atoms with Crippen LogP contribution in [0.25, 0.3) is 0 Å². The van der Waals surface area contributed by atoms with E-state index < -0.39 is 36.1 Å². The van der Waals surface area contributed by atoms with Gasteiger partial charge in [0, 0.05) is 12.2 Å². The molecule has 1 saturated carbocycles. The van der Waals surface area contributed by atoms with Gasteiger partial charge < -0.3 is 35.2 Å². The standard InChI is InChI=1S/C23H27N3O5S/c1-30-15-7-3-13(4-8-15)12-25-20-19(17(22(24)29)11-18(27)21(20)28)26(23(25)32)14-5-9-16(31-2)10-6-14/h3-10,17-21,27-28H,11-12H2,1-2H3,(H2,24,29)/t17-,18-,19-,20-,21+/m1/s1. The lowest BCUT2D eigenvalue weighted by atomic mass is 9.76. The quantitative estimate of drug-likeness (QED) is 0.557. The number of carbonyl (C=O) groups is 1. The molecule has 8 nitrogen and oxygen atoms in total. The van der Waals surface area contributed by atoms with Gasteiger partial charge in [0.25, 0.3) is 0 Å². The summed E-state index contributed by atoms with van der Waals surface area (Å²) in [6.45, 7) is 0.395. The number of aliphatic hydroxyl groups is 2. The van der Waals surface area contributed by atoms with Crippen molar-refractivity contribution in [2.75, 3.05) is 19.1 Å². The van der Waals surface area contributed by atoms with Crippen LogP contribution in [0.15, 0.2) is 48.5 Å². The fourth-order valence-corrected chi connectivity index (χ4v) is 5.13. The predicted molar refractivity (Wildman–Crippen MR) is 123 cm³/mol. The van der Waals surface area contributed by atoms with Gasteiger partial charge in [-0.25, -0.2) is 0 Å². The molecule has 9 heteroatoms. The van der Waals surface area contributed by atoms with Crippen molar-refractivity contribution in [3.8, 4) is 11.5 Å². The SMILES string of the molecule is COc1ccc(CN2C(=S)N(c3ccc(OC)cc3)[C@H]3[C@@H]2[C@@H](O)[C@H](O)C[C@H]3C(N)=O)cc1. The zero-order valence-corrected chi connectivity index (χ0v) is 18.7. The fraction of sp³-hybridized carbons (Fsp3) is 0.391. The van der Waals surface area contributed by atoms with Crippen molar-refractivity contribution in [1.82, 2.24) is 4.90 Å². The molecule has 0 spiro atoms. The number of nitrogens with zero attached hydrogens (tertiary/aromatic N) is 2. The second kappa shape index (κ2) is 8.93. The summed E-state index contributed by atoms with van der Waals surface area (Å²) in [4.78, 5) is 16.1. The number of nitrogens with two attached hydrogens (primary N) is 1. The number of aliphatic hydroxyl groups excluding tert-OH is 2. The third-order valence-corrected chi connectivity index (χ3v) is 6.77. The molecule has 2 aliphatic rings. The minimum absolute atomic E-state index is 0.0727. The van der Waals surface area contributed by atoms with Crippen molar-refractivity contribution in [2.24, 2.45) is 11.7 Å². The highest BCUT2D eigenvalue weighted by Gasteiger charge is 2.56. The largest absolute Gasteiger partial charge is 0.497 e. The Kier molecular flexibility index (Phi) is 6.23. The molecule has 0 aromatic heterocycles. The Labute approximate surface area is 192 Å². The second-order valence-corrected chi connectivity index (χ2v) is 8.48. The average molecular weight is 458 g/mol. The van der Waals surface area contributed by atoms with Gasteiger partial charge in [-0.05, 0) is 60.6 Å². The summed E-state index contributed by atoms with van der Waals surface area (Å²) in [6.07, 6.45) is -2.09. The molecule has 0 radical (unpaired) electrons. The van der Waals surface area contributed by atoms with Crippen LogP contribution in [0.4, 0.5) is 5.69 Å². The minimum Gasteiger partial charge on any atom is -0.497 e. The fourth-order valence-electron chi connectivity index (χ4n) is 4.71. The molecule has 1 heterocycles. The highest BCUT2D eigenvalue weighted by molar-refractivity contribution is 7.80. The number of amides is 1. The number of primary amides is 1. The number of fused-ring (bicyclic) bond motifs is 1. The Morgan fingerprint density at radius 2 is 1.59 bits per heavy atom. The molecule has 4 N–H and O–H groups in total. The summed E-state index contributed by atoms with van der Waals surface area (Å²) in [5, 5.41) is 22.0. The minimum atomic E-state index is -1.09. The van der Waals surface area contributed by atoms with E-state index in [9.17, 15) is 15.0 Å². The van der Waals surface area contributed by atoms with Gasteiger partial charge in [-0.1, -0.05) is 12.1 Å². The smallest absolute Gasteiger partial charge is 0.222 e. The first-order chi connectivity index (χ1) is 15.3. The van der Waals surface area contributed by atoms with Crippen molar-refractivity contribution in [3.63, 3.8) is 0 Å². The number of benzene rings is 2. The van der Waals surface area contributed by atoms with Gasteiger partial charge in [-0.15, -0.1) is 0 Å². The van der Waals surface area contributed by atoms with E-state index in [1.165, 1.54) is 0 Å². The second-order valence-electron chi connectivity index (χ2n) is 8.11. The summed E-state index contributed by atoms with van der Waals surface area (Å²) in [6, 6.07) is 13.8. The molecule has 1 saturated heterocycles. The molecule has 0 unspecified atom stereocenters. The predicted octanol–water partition coefficient (Wildman–Crippen LogP) is 1.28. The van der Waals surface area contributed by atoms with Crippen LogP contribution >= 0.6 is 12.2 Å². The molecule has 2 aromatic rings. The van der Waals surface area contributed by atoms with E-state index >= 15 is 0 Å². The monoisotopic (exact) mass is 457 g/mol. The van der Waals surface area contributed by atoms with E-state index in [1.807, 2.05) is 58.3 Å². The summed E-state index contributed by atoms with van der Waals surface area (Å²) in [5.41, 5.74) is 7.45. The first-order valence-corrected chi connectivity index (χ1v) is 10.8. The summed E-state index contributed by atoms with van der Waals surface area (Å²) >= 11 is 5.85. The maximum absolute atomic E-state index is 12.4. The Hall–Kier alpha value is -2.88. The zero-order valence-electron chi connectivity index (χ0n) is 17.9. The van der Waals surface area contributed by atoms with Crippen LogP contribution in [-0.2, 0) is 11.3 Å². The molecule has 170 valence electrons. The molecular formula is C23H27N3O5S. The van der Waals surface area contributed by atoms with Gasteiger partial charge in [-0.2, -0.15) is 0 Å². The lowest BCUT2D eigenvalue weighted by Crippen LogP contribution is -2.60. The molecular weight excluding hydrogens is 430 g/mol. The molecule has 5 atom stereocenters. The Bertz CT molecular complexity index is 984. The molecule has 0 bridgehead atoms. The number of ether oxygens (including phenoxy) is 2. The Balaban J connectivity index is 1.75. The molecule has 1 amide bonds. The van der Waals surface area contributed by atoms with E-state index in [0.29, 0.717) is 17.4 Å². The third-order valence-electron chi connectivity index (χ3n) is 6.34. The first-order valence-electron chi connectivity index (χ1n) is 10.4. The Morgan fingerprint density at radius 1 is 1.03 bits per heavy atom. The number of anilines is 1. The average Bonchev–Trinajstić information content (AvgIpc) is 3.08. The number of methoxy groups -OCH3 is 2. The first kappa shape index (κ1) is 22.3. The Morgan fingerprint density at radius 3 is 2.12 bits per heavy atom. The van der Waals surface area contributed by atoms with Crippen molar-refractivity contribution < 1.29 is 24.5 Å². The van der Waals surface area contributed by atoms with Gasteiger partial charge in [0.1, 0.15) is 17.6 Å². The third kappa shape index (κ3) is 3.87. The van der Waals surface area contributed by atoms with E-state index in [4.69, 9.17) is 27.4 Å². The van der Waals surface area contributed by atoms with E-state index in [1.54, 1.807) is 14.2 Å². The van der Waals surface area contributed by atoms with Crippen LogP contribution in [0.3, 0.4) is 0 Å². The summed E-state index contributed by atoms with van der Waals surface area (Å²) in [7, 11) is 3.19. The number of carbonyl (C=O) groups excluding carboxylic acids is 1. The maximum atomic E-state index is 12.4. The lowest BCUT2D eigenvalue weighted by Gasteiger charge is -2.42. The van der Waals surface area contributed by atoms with Gasteiger partial charge >= 0.3 is 0 Å². The van der Waals surface area contributed by atoms with E-state index in [0.717, 1.165) is 17.0 Å². The van der Waals surface area contributed by atoms with Crippen LogP contribution < -0.4 is 20.1 Å². The molecule has 32 heavy (non-hydrogen) atoms. The van der Waals surface area contributed by atoms with Crippen molar-refractivity contribution >= 4 is 28.9 Å². The normalized spacial score (nSPS) is 27.2. The van der Waals surface area contributed by atoms with Crippen LogP contribution in [-0.4, -0.2) is 64.6 Å². The van der Waals surface area contributed by atoms with E-state index in [2.05, 4.69) is 0 Å². The van der Waals surface area contributed by atoms with E-state index in [-0.39, 0.29) is 6.42 Å². The van der Waals surface area contributed by atoms with Crippen LogP contribution in [0.2, 0.25) is 0 Å². The maximum Gasteiger partial charge on any atom is 0.222 e. The highest BCUT2D eigenvalue weighted by Crippen LogP contribution is 2.41. The van der Waals surface area contributed by atoms with Gasteiger partial charge in [0.05, 0.1) is 38.3 Å². The number of hydrogen-bond donors (Lipinski definition) is 3. The summed E-state index contributed by atoms with van der Waals surface area (Å²) in [5.74, 6) is 0.214. The number of thiocarbonyl (C=S) groups is 1. The number of rotatable bonds is 6. The van der Waals surface area contributed by atoms with Crippen molar-refractivity contribution in [2.45, 2.75) is 37.3 Å².